The van der Waals surface area contributed by atoms with E-state index in [1.807, 2.05) is 23.1 Å². The number of nitrogens with one attached hydrogen (secondary N) is 3. The monoisotopic (exact) mass is 526 g/mol. The number of guanidine groups is 1. The van der Waals surface area contributed by atoms with E-state index in [9.17, 15) is 4.79 Å². The first-order valence-corrected chi connectivity index (χ1v) is 11.0. The van der Waals surface area contributed by atoms with Crippen LogP contribution in [0.3, 0.4) is 0 Å². The van der Waals surface area contributed by atoms with Crippen molar-refractivity contribution in [3.05, 3.63) is 30.1 Å². The number of H-pyrrole nitrogens is 1. The van der Waals surface area contributed by atoms with Crippen molar-refractivity contribution in [1.29, 1.82) is 0 Å². The number of para-hydroxylation sites is 2. The van der Waals surface area contributed by atoms with Gasteiger partial charge in [0.05, 0.1) is 11.0 Å². The standard InChI is InChI=1S/C22H34N6O.HI/c1-2-23-22(25-15-9-17-28-16-7-3-4-13-21(28)29)24-14-8-12-20-26-18-10-5-6-11-19(18)27-20;/h5-6,10-11H,2-4,7-9,12-17H2,1H3,(H,26,27)(H2,23,24,25);1H. The number of hydrogen-bond acceptors (Lipinski definition) is 3. The van der Waals surface area contributed by atoms with E-state index in [-0.39, 0.29) is 24.0 Å². The molecule has 8 heteroatoms. The number of imidazole rings is 1. The van der Waals surface area contributed by atoms with Crippen molar-refractivity contribution >= 4 is 46.9 Å². The minimum atomic E-state index is 0. The van der Waals surface area contributed by atoms with Crippen molar-refractivity contribution in [3.8, 4) is 0 Å². The summed E-state index contributed by atoms with van der Waals surface area (Å²) >= 11 is 0. The van der Waals surface area contributed by atoms with Crippen LogP contribution in [0.25, 0.3) is 11.0 Å². The van der Waals surface area contributed by atoms with Crippen LogP contribution in [0.15, 0.2) is 29.3 Å². The molecule has 7 nitrogen and oxygen atoms in total. The Bertz CT molecular complexity index is 773. The lowest BCUT2D eigenvalue weighted by atomic mass is 10.2. The second kappa shape index (κ2) is 13.5. The SMILES string of the molecule is CCNC(=NCCCN1CCCCCC1=O)NCCCc1nc2ccccc2[nH]1.I. The minimum Gasteiger partial charge on any atom is -0.357 e. The van der Waals surface area contributed by atoms with Crippen LogP contribution in [0, 0.1) is 0 Å². The predicted octanol–water partition coefficient (Wildman–Crippen LogP) is 3.46. The van der Waals surface area contributed by atoms with Gasteiger partial charge < -0.3 is 20.5 Å². The van der Waals surface area contributed by atoms with Crippen LogP contribution in [0.1, 0.15) is 51.3 Å². The summed E-state index contributed by atoms with van der Waals surface area (Å²) in [5.41, 5.74) is 2.11. The summed E-state index contributed by atoms with van der Waals surface area (Å²) in [5.74, 6) is 2.18. The van der Waals surface area contributed by atoms with Crippen molar-refractivity contribution in [2.45, 2.75) is 51.9 Å². The number of nitrogens with zero attached hydrogens (tertiary/aromatic N) is 3. The highest BCUT2D eigenvalue weighted by atomic mass is 127. The number of rotatable bonds is 9. The van der Waals surface area contributed by atoms with Gasteiger partial charge in [0, 0.05) is 45.6 Å². The summed E-state index contributed by atoms with van der Waals surface area (Å²) in [5, 5.41) is 6.69. The van der Waals surface area contributed by atoms with Gasteiger partial charge in [0.25, 0.3) is 0 Å². The number of halogens is 1. The maximum atomic E-state index is 12.1. The van der Waals surface area contributed by atoms with Gasteiger partial charge in [-0.2, -0.15) is 0 Å². The second-order valence-corrected chi connectivity index (χ2v) is 7.54. The molecule has 3 rings (SSSR count). The van der Waals surface area contributed by atoms with Gasteiger partial charge in [0.1, 0.15) is 5.82 Å². The van der Waals surface area contributed by atoms with Gasteiger partial charge in [-0.05, 0) is 44.7 Å². The minimum absolute atomic E-state index is 0. The first-order chi connectivity index (χ1) is 14.3. The van der Waals surface area contributed by atoms with E-state index < -0.39 is 0 Å². The highest BCUT2D eigenvalue weighted by Gasteiger charge is 2.15. The molecule has 30 heavy (non-hydrogen) atoms. The number of benzene rings is 1. The third-order valence-electron chi connectivity index (χ3n) is 5.19. The number of fused-ring (bicyclic) bond motifs is 1. The van der Waals surface area contributed by atoms with E-state index in [1.54, 1.807) is 0 Å². The van der Waals surface area contributed by atoms with Crippen molar-refractivity contribution in [2.75, 3.05) is 32.7 Å². The fraction of sp³-hybridized carbons (Fsp3) is 0.591. The number of aromatic amines is 1. The van der Waals surface area contributed by atoms with Crippen LogP contribution in [-0.2, 0) is 11.2 Å². The molecule has 0 unspecified atom stereocenters. The van der Waals surface area contributed by atoms with Crippen molar-refractivity contribution < 1.29 is 4.79 Å². The molecule has 3 N–H and O–H groups in total. The smallest absolute Gasteiger partial charge is 0.222 e. The molecule has 1 aromatic heterocycles. The Morgan fingerprint density at radius 2 is 2.07 bits per heavy atom. The summed E-state index contributed by atoms with van der Waals surface area (Å²) in [6.07, 6.45) is 6.83. The third kappa shape index (κ3) is 7.77. The van der Waals surface area contributed by atoms with Gasteiger partial charge in [0.15, 0.2) is 5.96 Å². The van der Waals surface area contributed by atoms with Gasteiger partial charge in [-0.15, -0.1) is 24.0 Å². The molecule has 1 saturated heterocycles. The summed E-state index contributed by atoms with van der Waals surface area (Å²) in [7, 11) is 0. The highest BCUT2D eigenvalue weighted by molar-refractivity contribution is 14.0. The number of hydrogen-bond donors (Lipinski definition) is 3. The zero-order valence-electron chi connectivity index (χ0n) is 18.0. The highest BCUT2D eigenvalue weighted by Crippen LogP contribution is 2.12. The van der Waals surface area contributed by atoms with E-state index in [2.05, 4.69) is 38.6 Å². The zero-order chi connectivity index (χ0) is 20.3. The van der Waals surface area contributed by atoms with Crippen molar-refractivity contribution in [2.24, 2.45) is 4.99 Å². The van der Waals surface area contributed by atoms with Crippen LogP contribution in [-0.4, -0.2) is 59.5 Å². The van der Waals surface area contributed by atoms with E-state index in [0.29, 0.717) is 12.3 Å². The molecular weight excluding hydrogens is 491 g/mol. The van der Waals surface area contributed by atoms with E-state index in [4.69, 9.17) is 0 Å². The van der Waals surface area contributed by atoms with Gasteiger partial charge in [-0.1, -0.05) is 18.6 Å². The molecule has 0 spiro atoms. The zero-order valence-corrected chi connectivity index (χ0v) is 20.3. The Morgan fingerprint density at radius 3 is 2.90 bits per heavy atom. The molecule has 2 aromatic rings. The van der Waals surface area contributed by atoms with Crippen molar-refractivity contribution in [3.63, 3.8) is 0 Å². The van der Waals surface area contributed by atoms with Crippen molar-refractivity contribution in [1.82, 2.24) is 25.5 Å². The van der Waals surface area contributed by atoms with Crippen LogP contribution < -0.4 is 10.6 Å². The molecular formula is C22H35IN6O. The lowest BCUT2D eigenvalue weighted by molar-refractivity contribution is -0.130. The molecule has 1 aliphatic heterocycles. The summed E-state index contributed by atoms with van der Waals surface area (Å²) in [6.45, 7) is 6.19. The lowest BCUT2D eigenvalue weighted by Gasteiger charge is -2.20. The van der Waals surface area contributed by atoms with Gasteiger partial charge in [-0.3, -0.25) is 9.79 Å². The van der Waals surface area contributed by atoms with Crippen LogP contribution in [0.5, 0.6) is 0 Å². The van der Waals surface area contributed by atoms with E-state index >= 15 is 0 Å². The number of carbonyl (C=O) groups is 1. The fourth-order valence-electron chi connectivity index (χ4n) is 3.66. The Labute approximate surface area is 196 Å². The molecule has 1 aliphatic rings. The molecule has 0 radical (unpaired) electrons. The number of amides is 1. The number of carbonyl (C=O) groups excluding carboxylic acids is 1. The van der Waals surface area contributed by atoms with E-state index in [1.165, 1.54) is 6.42 Å². The van der Waals surface area contributed by atoms with Crippen LogP contribution >= 0.6 is 24.0 Å². The molecule has 0 atom stereocenters. The maximum Gasteiger partial charge on any atom is 0.222 e. The normalized spacial score (nSPS) is 15.0. The van der Waals surface area contributed by atoms with Gasteiger partial charge in [0.2, 0.25) is 5.91 Å². The first-order valence-electron chi connectivity index (χ1n) is 11.0. The quantitative estimate of drug-likeness (QED) is 0.202. The number of aromatic nitrogens is 2. The first kappa shape index (κ1) is 24.4. The Kier molecular flexibility index (Phi) is 11.0. The largest absolute Gasteiger partial charge is 0.357 e. The molecule has 1 aromatic carbocycles. The molecule has 166 valence electrons. The van der Waals surface area contributed by atoms with E-state index in [0.717, 1.165) is 87.6 Å². The Hall–Kier alpha value is -1.84. The summed E-state index contributed by atoms with van der Waals surface area (Å²) in [6, 6.07) is 8.12. The van der Waals surface area contributed by atoms with Gasteiger partial charge >= 0.3 is 0 Å². The lowest BCUT2D eigenvalue weighted by Crippen LogP contribution is -2.38. The summed E-state index contributed by atoms with van der Waals surface area (Å²) < 4.78 is 0. The number of aryl methyl sites for hydroxylation is 1. The predicted molar refractivity (Wildman–Crippen MR) is 133 cm³/mol. The Balaban J connectivity index is 0.00000320. The molecule has 1 amide bonds. The molecule has 2 heterocycles. The fourth-order valence-corrected chi connectivity index (χ4v) is 3.66. The molecule has 0 bridgehead atoms. The molecule has 1 fully saturated rings. The van der Waals surface area contributed by atoms with Crippen LogP contribution in [0.2, 0.25) is 0 Å². The number of aliphatic imine (C=N–C) groups is 1. The topological polar surface area (TPSA) is 85.4 Å². The second-order valence-electron chi connectivity index (χ2n) is 7.54. The maximum absolute atomic E-state index is 12.1. The summed E-state index contributed by atoms with van der Waals surface area (Å²) in [4.78, 5) is 26.7. The average molecular weight is 526 g/mol. The average Bonchev–Trinajstić information content (AvgIpc) is 3.03. The third-order valence-corrected chi connectivity index (χ3v) is 5.19. The molecule has 0 saturated carbocycles. The Morgan fingerprint density at radius 1 is 1.20 bits per heavy atom. The van der Waals surface area contributed by atoms with Crippen LogP contribution in [0.4, 0.5) is 0 Å². The number of likely N-dealkylation sites (tertiary alicyclic amines) is 1. The molecule has 0 aliphatic carbocycles. The van der Waals surface area contributed by atoms with Gasteiger partial charge in [-0.25, -0.2) is 4.98 Å².